The third-order valence-electron chi connectivity index (χ3n) is 3.11. The summed E-state index contributed by atoms with van der Waals surface area (Å²) < 4.78 is 26.4. The summed E-state index contributed by atoms with van der Waals surface area (Å²) in [5.74, 6) is -2.22. The molecule has 0 atom stereocenters. The average molecular weight is 305 g/mol. The molecule has 0 radical (unpaired) electrons. The van der Waals surface area contributed by atoms with Gasteiger partial charge in [-0.3, -0.25) is 4.79 Å². The Morgan fingerprint density at radius 2 is 2.00 bits per heavy atom. The molecule has 0 spiro atoms. The minimum Gasteiger partial charge on any atom is -0.348 e. The Morgan fingerprint density at radius 1 is 1.27 bits per heavy atom. The normalized spacial score (nSPS) is 11.3. The minimum absolute atomic E-state index is 0.170. The maximum Gasteiger partial charge on any atom is 0.254 e. The Kier molecular flexibility index (Phi) is 4.49. The Balaban J connectivity index is 2.15. The van der Waals surface area contributed by atoms with Gasteiger partial charge in [0.15, 0.2) is 0 Å². The molecule has 4 nitrogen and oxygen atoms in total. The molecule has 116 valence electrons. The zero-order valence-electron chi connectivity index (χ0n) is 12.7. The zero-order chi connectivity index (χ0) is 16.3. The van der Waals surface area contributed by atoms with E-state index < -0.39 is 17.5 Å². The van der Waals surface area contributed by atoms with Gasteiger partial charge in [-0.15, -0.1) is 0 Å². The number of rotatable bonds is 3. The fourth-order valence-corrected chi connectivity index (χ4v) is 2.11. The second kappa shape index (κ2) is 6.17. The molecule has 1 aromatic heterocycles. The zero-order valence-corrected chi connectivity index (χ0v) is 12.7. The Bertz CT molecular complexity index is 696. The van der Waals surface area contributed by atoms with Crippen molar-refractivity contribution in [1.29, 1.82) is 0 Å². The van der Waals surface area contributed by atoms with Crippen molar-refractivity contribution in [2.24, 2.45) is 0 Å². The van der Waals surface area contributed by atoms with E-state index in [-0.39, 0.29) is 17.5 Å². The highest BCUT2D eigenvalue weighted by molar-refractivity contribution is 5.94. The quantitative estimate of drug-likeness (QED) is 0.948. The number of hydrogen-bond acceptors (Lipinski definition) is 3. The van der Waals surface area contributed by atoms with Crippen molar-refractivity contribution in [3.8, 4) is 0 Å². The van der Waals surface area contributed by atoms with Crippen LogP contribution in [0.15, 0.2) is 30.7 Å². The molecular weight excluding hydrogens is 288 g/mol. The van der Waals surface area contributed by atoms with Crippen molar-refractivity contribution >= 4 is 5.91 Å². The molecule has 0 aliphatic heterocycles. The molecule has 1 aromatic carbocycles. The first kappa shape index (κ1) is 16.0. The lowest BCUT2D eigenvalue weighted by molar-refractivity contribution is 0.0946. The number of aromatic nitrogens is 2. The summed E-state index contributed by atoms with van der Waals surface area (Å²) in [6.45, 7) is 6.17. The van der Waals surface area contributed by atoms with Crippen molar-refractivity contribution in [3.05, 3.63) is 59.2 Å². The Labute approximate surface area is 127 Å². The van der Waals surface area contributed by atoms with Gasteiger partial charge in [0.25, 0.3) is 5.91 Å². The van der Waals surface area contributed by atoms with E-state index in [1.807, 2.05) is 20.8 Å². The maximum absolute atomic E-state index is 13.6. The topological polar surface area (TPSA) is 54.9 Å². The predicted molar refractivity (Wildman–Crippen MR) is 78.3 cm³/mol. The number of hydrogen-bond donors (Lipinski definition) is 1. The average Bonchev–Trinajstić information content (AvgIpc) is 2.44. The first-order chi connectivity index (χ1) is 10.3. The predicted octanol–water partition coefficient (Wildman–Crippen LogP) is 2.98. The first-order valence-corrected chi connectivity index (χ1v) is 6.81. The second-order valence-corrected chi connectivity index (χ2v) is 5.95. The summed E-state index contributed by atoms with van der Waals surface area (Å²) in [6, 6.07) is 2.84. The van der Waals surface area contributed by atoms with Crippen LogP contribution in [-0.4, -0.2) is 15.9 Å². The van der Waals surface area contributed by atoms with Gasteiger partial charge in [0.1, 0.15) is 18.0 Å². The van der Waals surface area contributed by atoms with E-state index in [9.17, 15) is 13.6 Å². The Morgan fingerprint density at radius 3 is 2.64 bits per heavy atom. The number of carbonyl (C=O) groups excluding carboxylic acids is 1. The number of amides is 1. The molecule has 6 heteroatoms. The highest BCUT2D eigenvalue weighted by Crippen LogP contribution is 2.22. The fourth-order valence-electron chi connectivity index (χ4n) is 2.11. The highest BCUT2D eigenvalue weighted by atomic mass is 19.1. The van der Waals surface area contributed by atoms with Gasteiger partial charge in [-0.25, -0.2) is 18.7 Å². The van der Waals surface area contributed by atoms with Crippen molar-refractivity contribution in [2.75, 3.05) is 0 Å². The van der Waals surface area contributed by atoms with Gasteiger partial charge in [0.2, 0.25) is 0 Å². The summed E-state index contributed by atoms with van der Waals surface area (Å²) in [7, 11) is 0. The van der Waals surface area contributed by atoms with Gasteiger partial charge >= 0.3 is 0 Å². The lowest BCUT2D eigenvalue weighted by Gasteiger charge is -2.21. The molecule has 0 saturated heterocycles. The molecule has 1 amide bonds. The van der Waals surface area contributed by atoms with E-state index in [4.69, 9.17) is 0 Å². The minimum atomic E-state index is -0.891. The van der Waals surface area contributed by atoms with Gasteiger partial charge in [-0.05, 0) is 12.1 Å². The van der Waals surface area contributed by atoms with Crippen LogP contribution in [0, 0.1) is 11.6 Å². The number of nitrogens with one attached hydrogen (secondary N) is 1. The third-order valence-corrected chi connectivity index (χ3v) is 3.11. The summed E-state index contributed by atoms with van der Waals surface area (Å²) in [6.07, 6.45) is 3.07. The van der Waals surface area contributed by atoms with Gasteiger partial charge < -0.3 is 5.32 Å². The van der Waals surface area contributed by atoms with E-state index in [2.05, 4.69) is 15.3 Å². The standard InChI is InChI=1S/C16H17F2N3O/c1-16(2,3)14-10(7-19-9-21-14)8-20-15(22)12-5-4-11(17)6-13(12)18/h4-7,9H,8H2,1-3H3,(H,20,22). The van der Waals surface area contributed by atoms with E-state index in [1.54, 1.807) is 6.20 Å². The number of halogens is 2. The molecule has 22 heavy (non-hydrogen) atoms. The van der Waals surface area contributed by atoms with E-state index in [1.165, 1.54) is 6.33 Å². The van der Waals surface area contributed by atoms with Crippen LogP contribution >= 0.6 is 0 Å². The van der Waals surface area contributed by atoms with Gasteiger partial charge in [0.05, 0.1) is 11.3 Å². The molecule has 0 unspecified atom stereocenters. The van der Waals surface area contributed by atoms with Crippen molar-refractivity contribution in [1.82, 2.24) is 15.3 Å². The maximum atomic E-state index is 13.6. The van der Waals surface area contributed by atoms with Gasteiger partial charge in [0, 0.05) is 29.8 Å². The van der Waals surface area contributed by atoms with Gasteiger partial charge in [-0.1, -0.05) is 20.8 Å². The molecule has 0 saturated carbocycles. The summed E-state index contributed by atoms with van der Waals surface area (Å²) in [5.41, 5.74) is 1.16. The molecule has 0 bridgehead atoms. The smallest absolute Gasteiger partial charge is 0.254 e. The number of benzene rings is 1. The van der Waals surface area contributed by atoms with Crippen LogP contribution in [0.4, 0.5) is 8.78 Å². The monoisotopic (exact) mass is 305 g/mol. The van der Waals surface area contributed by atoms with Crippen molar-refractivity contribution in [3.63, 3.8) is 0 Å². The second-order valence-electron chi connectivity index (χ2n) is 5.95. The highest BCUT2D eigenvalue weighted by Gasteiger charge is 2.20. The molecule has 1 heterocycles. The Hall–Kier alpha value is -2.37. The largest absolute Gasteiger partial charge is 0.348 e. The molecule has 1 N–H and O–H groups in total. The van der Waals surface area contributed by atoms with Crippen LogP contribution in [0.3, 0.4) is 0 Å². The van der Waals surface area contributed by atoms with Crippen LogP contribution in [-0.2, 0) is 12.0 Å². The fraction of sp³-hybridized carbons (Fsp3) is 0.312. The molecule has 0 fully saturated rings. The van der Waals surface area contributed by atoms with E-state index in [0.717, 1.165) is 23.4 Å². The number of nitrogens with zero attached hydrogens (tertiary/aromatic N) is 2. The van der Waals surface area contributed by atoms with Gasteiger partial charge in [-0.2, -0.15) is 0 Å². The van der Waals surface area contributed by atoms with Crippen LogP contribution in [0.1, 0.15) is 42.4 Å². The lowest BCUT2D eigenvalue weighted by Crippen LogP contribution is -2.26. The van der Waals surface area contributed by atoms with E-state index in [0.29, 0.717) is 6.07 Å². The summed E-state index contributed by atoms with van der Waals surface area (Å²) in [4.78, 5) is 20.2. The van der Waals surface area contributed by atoms with Crippen molar-refractivity contribution in [2.45, 2.75) is 32.7 Å². The lowest BCUT2D eigenvalue weighted by atomic mass is 9.89. The van der Waals surface area contributed by atoms with E-state index >= 15 is 0 Å². The third kappa shape index (κ3) is 3.63. The molecule has 2 rings (SSSR count). The van der Waals surface area contributed by atoms with Crippen LogP contribution in [0.2, 0.25) is 0 Å². The van der Waals surface area contributed by atoms with Crippen LogP contribution < -0.4 is 5.32 Å². The summed E-state index contributed by atoms with van der Waals surface area (Å²) in [5, 5.41) is 2.61. The van der Waals surface area contributed by atoms with Crippen LogP contribution in [0.25, 0.3) is 0 Å². The first-order valence-electron chi connectivity index (χ1n) is 6.81. The molecule has 2 aromatic rings. The van der Waals surface area contributed by atoms with Crippen molar-refractivity contribution < 1.29 is 13.6 Å². The molecule has 0 aliphatic carbocycles. The molecule has 0 aliphatic rings. The number of carbonyl (C=O) groups is 1. The summed E-state index contributed by atoms with van der Waals surface area (Å²) >= 11 is 0. The van der Waals surface area contributed by atoms with Crippen LogP contribution in [0.5, 0.6) is 0 Å². The SMILES string of the molecule is CC(C)(C)c1ncncc1CNC(=O)c1ccc(F)cc1F. The molecular formula is C16H17F2N3O.